The summed E-state index contributed by atoms with van der Waals surface area (Å²) in [6, 6.07) is 0. The van der Waals surface area contributed by atoms with Crippen LogP contribution in [0.5, 0.6) is 0 Å². The predicted octanol–water partition coefficient (Wildman–Crippen LogP) is 6.60. The van der Waals surface area contributed by atoms with Gasteiger partial charge in [-0.1, -0.05) is 32.6 Å². The molecule has 0 N–H and O–H groups in total. The average molecular weight is 409 g/mol. The zero-order valence-electron chi connectivity index (χ0n) is 19.8. The van der Waals surface area contributed by atoms with Crippen molar-refractivity contribution in [2.24, 2.45) is 16.7 Å². The van der Waals surface area contributed by atoms with Gasteiger partial charge in [-0.3, -0.25) is 9.59 Å². The molecule has 0 heterocycles. The molecular formula is C25H44O4. The maximum Gasteiger partial charge on any atom is 0.312 e. The van der Waals surface area contributed by atoms with Crippen molar-refractivity contribution < 1.29 is 19.1 Å². The van der Waals surface area contributed by atoms with Gasteiger partial charge in [0.15, 0.2) is 0 Å². The normalized spacial score (nSPS) is 22.0. The fraction of sp³-hybridized carbons (Fsp3) is 0.920. The van der Waals surface area contributed by atoms with Gasteiger partial charge in [0, 0.05) is 0 Å². The number of hydrogen-bond acceptors (Lipinski definition) is 4. The van der Waals surface area contributed by atoms with Gasteiger partial charge in [0.1, 0.15) is 11.7 Å². The maximum absolute atomic E-state index is 13.3. The maximum atomic E-state index is 13.3. The molecule has 2 saturated carbocycles. The summed E-state index contributed by atoms with van der Waals surface area (Å²) in [6.45, 7) is 11.9. The molecule has 0 radical (unpaired) electrons. The van der Waals surface area contributed by atoms with Crippen LogP contribution in [0.25, 0.3) is 0 Å². The fourth-order valence-corrected chi connectivity index (χ4v) is 5.13. The van der Waals surface area contributed by atoms with Crippen LogP contribution in [-0.4, -0.2) is 23.6 Å². The van der Waals surface area contributed by atoms with E-state index in [1.54, 1.807) is 0 Å². The summed E-state index contributed by atoms with van der Waals surface area (Å²) in [4.78, 5) is 26.2. The van der Waals surface area contributed by atoms with E-state index in [2.05, 4.69) is 13.8 Å². The molecule has 0 aromatic heterocycles. The number of carbonyl (C=O) groups excluding carboxylic acids is 2. The lowest BCUT2D eigenvalue weighted by Gasteiger charge is -2.41. The third-order valence-electron chi connectivity index (χ3n) is 7.43. The topological polar surface area (TPSA) is 52.6 Å². The van der Waals surface area contributed by atoms with Crippen LogP contribution in [0, 0.1) is 16.7 Å². The Kier molecular flexibility index (Phi) is 8.21. The first-order valence-corrected chi connectivity index (χ1v) is 11.9. The zero-order chi connectivity index (χ0) is 21.7. The summed E-state index contributed by atoms with van der Waals surface area (Å²) in [7, 11) is 0. The Hall–Kier alpha value is -1.06. The summed E-state index contributed by atoms with van der Waals surface area (Å²) in [5.74, 6) is 0.0723. The van der Waals surface area contributed by atoms with E-state index in [1.165, 1.54) is 25.7 Å². The van der Waals surface area contributed by atoms with Crippen molar-refractivity contribution in [2.75, 3.05) is 0 Å². The number of rotatable bonds is 8. The fourth-order valence-electron chi connectivity index (χ4n) is 5.13. The van der Waals surface area contributed by atoms with Crippen LogP contribution in [0.2, 0.25) is 0 Å². The Balaban J connectivity index is 2.01. The third kappa shape index (κ3) is 6.46. The molecule has 4 nitrogen and oxygen atoms in total. The minimum atomic E-state index is -0.712. The highest BCUT2D eigenvalue weighted by Crippen LogP contribution is 2.42. The Morgan fingerprint density at radius 2 is 1.31 bits per heavy atom. The van der Waals surface area contributed by atoms with Gasteiger partial charge in [-0.25, -0.2) is 0 Å². The molecule has 29 heavy (non-hydrogen) atoms. The van der Waals surface area contributed by atoms with E-state index in [4.69, 9.17) is 9.47 Å². The minimum absolute atomic E-state index is 0.0422. The standard InChI is InChI=1S/C25H44O4/c1-7-25(6,22(27)29-24(4,5)19-14-10-8-11-15-19)18-23(2,3)21(26)28-20-16-12-9-13-17-20/h19-20H,7-18H2,1-6H3. The highest BCUT2D eigenvalue weighted by atomic mass is 16.6. The average Bonchev–Trinajstić information content (AvgIpc) is 2.68. The van der Waals surface area contributed by atoms with Crippen molar-refractivity contribution in [2.45, 2.75) is 130 Å². The van der Waals surface area contributed by atoms with Crippen LogP contribution < -0.4 is 0 Å². The second-order valence-corrected chi connectivity index (χ2v) is 11.0. The molecule has 0 saturated heterocycles. The van der Waals surface area contributed by atoms with Crippen molar-refractivity contribution in [3.8, 4) is 0 Å². The molecule has 1 atom stereocenters. The molecule has 0 amide bonds. The second-order valence-electron chi connectivity index (χ2n) is 11.0. The highest BCUT2D eigenvalue weighted by Gasteiger charge is 2.46. The number of esters is 2. The first-order chi connectivity index (χ1) is 13.5. The van der Waals surface area contributed by atoms with Gasteiger partial charge in [-0.05, 0) is 91.9 Å². The zero-order valence-corrected chi connectivity index (χ0v) is 19.8. The lowest BCUT2D eigenvalue weighted by Crippen LogP contribution is -2.45. The lowest BCUT2D eigenvalue weighted by atomic mass is 9.72. The second kappa shape index (κ2) is 9.83. The molecule has 2 aliphatic rings. The summed E-state index contributed by atoms with van der Waals surface area (Å²) < 4.78 is 11.9. The summed E-state index contributed by atoms with van der Waals surface area (Å²) in [6.07, 6.45) is 12.5. The molecule has 2 fully saturated rings. The molecular weight excluding hydrogens is 364 g/mol. The van der Waals surface area contributed by atoms with Crippen LogP contribution in [-0.2, 0) is 19.1 Å². The van der Waals surface area contributed by atoms with Gasteiger partial charge in [0.25, 0.3) is 0 Å². The molecule has 1 unspecified atom stereocenters. The summed E-state index contributed by atoms with van der Waals surface area (Å²) >= 11 is 0. The minimum Gasteiger partial charge on any atom is -0.462 e. The van der Waals surface area contributed by atoms with Crippen molar-refractivity contribution in [3.05, 3.63) is 0 Å². The molecule has 0 aliphatic heterocycles. The Morgan fingerprint density at radius 3 is 1.83 bits per heavy atom. The largest absolute Gasteiger partial charge is 0.462 e. The van der Waals surface area contributed by atoms with Crippen molar-refractivity contribution in [1.82, 2.24) is 0 Å². The van der Waals surface area contributed by atoms with E-state index in [0.717, 1.165) is 38.5 Å². The van der Waals surface area contributed by atoms with Crippen molar-refractivity contribution in [3.63, 3.8) is 0 Å². The Morgan fingerprint density at radius 1 is 0.793 bits per heavy atom. The van der Waals surface area contributed by atoms with Gasteiger partial charge in [0.2, 0.25) is 0 Å². The smallest absolute Gasteiger partial charge is 0.312 e. The first-order valence-electron chi connectivity index (χ1n) is 11.9. The van der Waals surface area contributed by atoms with E-state index in [9.17, 15) is 9.59 Å². The van der Waals surface area contributed by atoms with Crippen LogP contribution >= 0.6 is 0 Å². The van der Waals surface area contributed by atoms with Crippen LogP contribution in [0.3, 0.4) is 0 Å². The molecule has 4 heteroatoms. The van der Waals surface area contributed by atoms with E-state index in [1.807, 2.05) is 27.7 Å². The molecule has 0 bridgehead atoms. The third-order valence-corrected chi connectivity index (χ3v) is 7.43. The SMILES string of the molecule is CCC(C)(CC(C)(C)C(=O)OC1CCCCC1)C(=O)OC(C)(C)C1CCCCC1. The lowest BCUT2D eigenvalue weighted by molar-refractivity contribution is -0.179. The van der Waals surface area contributed by atoms with E-state index < -0.39 is 16.4 Å². The number of carbonyl (C=O) groups is 2. The van der Waals surface area contributed by atoms with Crippen molar-refractivity contribution >= 4 is 11.9 Å². The highest BCUT2D eigenvalue weighted by molar-refractivity contribution is 5.80. The quantitative estimate of drug-likeness (QED) is 0.425. The predicted molar refractivity (Wildman–Crippen MR) is 117 cm³/mol. The van der Waals surface area contributed by atoms with E-state index >= 15 is 0 Å². The summed E-state index contributed by atoms with van der Waals surface area (Å²) in [5.41, 5.74) is -1.86. The molecule has 0 spiro atoms. The molecule has 168 valence electrons. The van der Waals surface area contributed by atoms with Gasteiger partial charge >= 0.3 is 11.9 Å². The number of hydrogen-bond donors (Lipinski definition) is 0. The Labute approximate surface area is 178 Å². The summed E-state index contributed by atoms with van der Waals surface area (Å²) in [5, 5.41) is 0. The molecule has 0 aromatic carbocycles. The monoisotopic (exact) mass is 408 g/mol. The van der Waals surface area contributed by atoms with Crippen LogP contribution in [0.15, 0.2) is 0 Å². The van der Waals surface area contributed by atoms with Gasteiger partial charge < -0.3 is 9.47 Å². The number of ether oxygens (including phenoxy) is 2. The Bertz CT molecular complexity index is 553. The molecule has 2 aliphatic carbocycles. The molecule has 2 rings (SSSR count). The van der Waals surface area contributed by atoms with E-state index in [0.29, 0.717) is 18.8 Å². The van der Waals surface area contributed by atoms with Crippen LogP contribution in [0.1, 0.15) is 119 Å². The van der Waals surface area contributed by atoms with E-state index in [-0.39, 0.29) is 18.0 Å². The van der Waals surface area contributed by atoms with Crippen molar-refractivity contribution in [1.29, 1.82) is 0 Å². The van der Waals surface area contributed by atoms with Gasteiger partial charge in [-0.2, -0.15) is 0 Å². The van der Waals surface area contributed by atoms with Gasteiger partial charge in [-0.15, -0.1) is 0 Å². The first kappa shape index (κ1) is 24.2. The van der Waals surface area contributed by atoms with Gasteiger partial charge in [0.05, 0.1) is 10.8 Å². The van der Waals surface area contributed by atoms with Crippen LogP contribution in [0.4, 0.5) is 0 Å². The molecule has 0 aromatic rings.